The van der Waals surface area contributed by atoms with Gasteiger partial charge in [0.1, 0.15) is 5.82 Å². The third-order valence-electron chi connectivity index (χ3n) is 7.86. The van der Waals surface area contributed by atoms with Gasteiger partial charge >= 0.3 is 0 Å². The normalized spacial score (nSPS) is 17.7. The zero-order valence-electron chi connectivity index (χ0n) is 25.8. The van der Waals surface area contributed by atoms with E-state index in [9.17, 15) is 9.59 Å². The number of benzene rings is 1. The summed E-state index contributed by atoms with van der Waals surface area (Å²) < 4.78 is 22.5. The number of anilines is 3. The van der Waals surface area contributed by atoms with Gasteiger partial charge in [-0.1, -0.05) is 26.0 Å². The molecule has 1 aromatic carbocycles. The van der Waals surface area contributed by atoms with Gasteiger partial charge in [-0.3, -0.25) is 9.59 Å². The van der Waals surface area contributed by atoms with Crippen LogP contribution in [0.5, 0.6) is 0 Å². The minimum Gasteiger partial charge on any atom is -0.381 e. The maximum Gasteiger partial charge on any atom is 0.257 e. The van der Waals surface area contributed by atoms with Gasteiger partial charge in [0.25, 0.3) is 5.91 Å². The number of aromatic nitrogens is 4. The molecule has 2 fully saturated rings. The fourth-order valence-electron chi connectivity index (χ4n) is 5.36. The molecule has 236 valence electrons. The Kier molecular flexibility index (Phi) is 10.2. The number of rotatable bonds is 11. The second kappa shape index (κ2) is 14.2. The summed E-state index contributed by atoms with van der Waals surface area (Å²) in [7, 11) is 3.75. The number of amides is 2. The highest BCUT2D eigenvalue weighted by molar-refractivity contribution is 6.19. The summed E-state index contributed by atoms with van der Waals surface area (Å²) in [6.07, 6.45) is 7.11. The van der Waals surface area contributed by atoms with Gasteiger partial charge in [-0.15, -0.1) is 0 Å². The summed E-state index contributed by atoms with van der Waals surface area (Å²) in [5, 5.41) is 14.5. The SMILES string of the molecule is CC(C)c1cnn2c(NCc3ccc(F)c(N(C(=O)C=CCN(C)C)C(=O)C4CCNC4)c3)nc(NC3CCOCC3)nc12. The Balaban J connectivity index is 1.43. The van der Waals surface area contributed by atoms with Gasteiger partial charge in [-0.05, 0) is 63.5 Å². The summed E-state index contributed by atoms with van der Waals surface area (Å²) in [5.74, 6) is -0.893. The van der Waals surface area contributed by atoms with Gasteiger partial charge < -0.3 is 25.6 Å². The van der Waals surface area contributed by atoms with E-state index in [0.29, 0.717) is 62.4 Å². The lowest BCUT2D eigenvalue weighted by Gasteiger charge is -2.24. The fourth-order valence-corrected chi connectivity index (χ4v) is 5.36. The number of nitrogens with one attached hydrogen (secondary N) is 3. The summed E-state index contributed by atoms with van der Waals surface area (Å²) in [6, 6.07) is 4.66. The average Bonchev–Trinajstić information content (AvgIpc) is 3.69. The van der Waals surface area contributed by atoms with E-state index in [1.807, 2.05) is 19.0 Å². The van der Waals surface area contributed by atoms with Crippen LogP contribution in [-0.4, -0.2) is 89.3 Å². The van der Waals surface area contributed by atoms with Crippen LogP contribution in [0.3, 0.4) is 0 Å². The molecule has 2 aromatic heterocycles. The quantitative estimate of drug-likeness (QED) is 0.280. The van der Waals surface area contributed by atoms with E-state index >= 15 is 4.39 Å². The van der Waals surface area contributed by atoms with Crippen molar-refractivity contribution < 1.29 is 18.7 Å². The van der Waals surface area contributed by atoms with Crippen molar-refractivity contribution in [2.45, 2.75) is 51.6 Å². The molecule has 2 amide bonds. The molecule has 3 N–H and O–H groups in total. The summed E-state index contributed by atoms with van der Waals surface area (Å²) in [6.45, 7) is 7.42. The second-order valence-corrected chi connectivity index (χ2v) is 11.9. The van der Waals surface area contributed by atoms with Crippen molar-refractivity contribution >= 4 is 35.0 Å². The fraction of sp³-hybridized carbons (Fsp3) is 0.516. The first kappa shape index (κ1) is 31.5. The molecule has 3 aromatic rings. The van der Waals surface area contributed by atoms with Crippen molar-refractivity contribution in [1.29, 1.82) is 0 Å². The Labute approximate surface area is 257 Å². The molecule has 2 saturated heterocycles. The molecule has 13 heteroatoms. The van der Waals surface area contributed by atoms with E-state index in [4.69, 9.17) is 14.7 Å². The van der Waals surface area contributed by atoms with Crippen molar-refractivity contribution in [1.82, 2.24) is 29.8 Å². The number of carbonyl (C=O) groups excluding carboxylic acids is 2. The number of hydrogen-bond donors (Lipinski definition) is 3. The number of imide groups is 1. The van der Waals surface area contributed by atoms with E-state index < -0.39 is 23.5 Å². The number of nitrogens with zero attached hydrogens (tertiary/aromatic N) is 6. The van der Waals surface area contributed by atoms with Crippen LogP contribution in [0, 0.1) is 11.7 Å². The minimum absolute atomic E-state index is 0.0726. The molecule has 12 nitrogen and oxygen atoms in total. The lowest BCUT2D eigenvalue weighted by molar-refractivity contribution is -0.126. The molecule has 0 spiro atoms. The standard InChI is InChI=1S/C31H42FN9O3/c1-20(2)24-19-35-41-28(24)37-30(36-23-10-14-44-15-11-23)38-31(41)34-17-21-7-8-25(32)26(16-21)40(27(42)6-5-13-39(3)4)29(43)22-9-12-33-18-22/h5-8,16,19-20,22-23,33H,9-15,17-18H2,1-4H3,(H2,34,36,37,38). The molecule has 0 bridgehead atoms. The van der Waals surface area contributed by atoms with E-state index in [0.717, 1.165) is 23.3 Å². The molecule has 0 aliphatic carbocycles. The molecule has 5 rings (SSSR count). The first-order valence-electron chi connectivity index (χ1n) is 15.2. The topological polar surface area (TPSA) is 129 Å². The number of carbonyl (C=O) groups is 2. The van der Waals surface area contributed by atoms with E-state index in [1.54, 1.807) is 28.9 Å². The van der Waals surface area contributed by atoms with Crippen LogP contribution in [-0.2, 0) is 20.9 Å². The number of ether oxygens (including phenoxy) is 1. The molecule has 4 heterocycles. The highest BCUT2D eigenvalue weighted by Gasteiger charge is 2.33. The molecular weight excluding hydrogens is 565 g/mol. The van der Waals surface area contributed by atoms with Crippen LogP contribution >= 0.6 is 0 Å². The molecule has 1 atom stereocenters. The summed E-state index contributed by atoms with van der Waals surface area (Å²) in [5.41, 5.74) is 2.28. The predicted octanol–water partition coefficient (Wildman–Crippen LogP) is 3.18. The lowest BCUT2D eigenvalue weighted by atomic mass is 10.1. The number of halogens is 1. The van der Waals surface area contributed by atoms with Crippen molar-refractivity contribution in [3.05, 3.63) is 53.5 Å². The smallest absolute Gasteiger partial charge is 0.257 e. The van der Waals surface area contributed by atoms with Crippen molar-refractivity contribution in [3.63, 3.8) is 0 Å². The van der Waals surface area contributed by atoms with Gasteiger partial charge in [0.2, 0.25) is 17.8 Å². The first-order chi connectivity index (χ1) is 21.2. The zero-order valence-corrected chi connectivity index (χ0v) is 25.8. The monoisotopic (exact) mass is 607 g/mol. The van der Waals surface area contributed by atoms with E-state index in [-0.39, 0.29) is 24.2 Å². The van der Waals surface area contributed by atoms with Gasteiger partial charge in [-0.2, -0.15) is 19.6 Å². The third-order valence-corrected chi connectivity index (χ3v) is 7.86. The Morgan fingerprint density at radius 2 is 2.00 bits per heavy atom. The zero-order chi connectivity index (χ0) is 31.2. The van der Waals surface area contributed by atoms with Crippen molar-refractivity contribution in [2.24, 2.45) is 5.92 Å². The number of fused-ring (bicyclic) bond motifs is 1. The molecule has 2 aliphatic rings. The lowest BCUT2D eigenvalue weighted by Crippen LogP contribution is -2.41. The minimum atomic E-state index is -0.650. The van der Waals surface area contributed by atoms with Crippen LogP contribution in [0.25, 0.3) is 5.65 Å². The van der Waals surface area contributed by atoms with Gasteiger partial charge in [0.05, 0.1) is 17.8 Å². The molecular formula is C31H42FN9O3. The Morgan fingerprint density at radius 3 is 2.70 bits per heavy atom. The molecule has 1 unspecified atom stereocenters. The Hall–Kier alpha value is -3.94. The van der Waals surface area contributed by atoms with Crippen LogP contribution in [0.4, 0.5) is 22.0 Å². The maximum absolute atomic E-state index is 15.3. The van der Waals surface area contributed by atoms with Crippen LogP contribution in [0.15, 0.2) is 36.5 Å². The van der Waals surface area contributed by atoms with Crippen LogP contribution in [0.2, 0.25) is 0 Å². The average molecular weight is 608 g/mol. The van der Waals surface area contributed by atoms with E-state index in [1.165, 1.54) is 12.1 Å². The van der Waals surface area contributed by atoms with E-state index in [2.05, 4.69) is 34.9 Å². The third kappa shape index (κ3) is 7.40. The largest absolute Gasteiger partial charge is 0.381 e. The van der Waals surface area contributed by atoms with Gasteiger partial charge in [0.15, 0.2) is 5.65 Å². The Morgan fingerprint density at radius 1 is 1.20 bits per heavy atom. The number of likely N-dealkylation sites (N-methyl/N-ethyl adjacent to an activating group) is 1. The highest BCUT2D eigenvalue weighted by Crippen LogP contribution is 2.27. The van der Waals surface area contributed by atoms with Crippen molar-refractivity contribution in [2.75, 3.05) is 62.5 Å². The van der Waals surface area contributed by atoms with Crippen LogP contribution < -0.4 is 20.9 Å². The molecule has 0 radical (unpaired) electrons. The predicted molar refractivity (Wildman–Crippen MR) is 167 cm³/mol. The Bertz CT molecular complexity index is 1490. The second-order valence-electron chi connectivity index (χ2n) is 11.9. The first-order valence-corrected chi connectivity index (χ1v) is 15.2. The van der Waals surface area contributed by atoms with Gasteiger partial charge in [0, 0.05) is 50.5 Å². The van der Waals surface area contributed by atoms with Crippen molar-refractivity contribution in [3.8, 4) is 0 Å². The molecule has 2 aliphatic heterocycles. The number of hydrogen-bond acceptors (Lipinski definition) is 10. The summed E-state index contributed by atoms with van der Waals surface area (Å²) >= 11 is 0. The van der Waals surface area contributed by atoms with Crippen LogP contribution in [0.1, 0.15) is 50.2 Å². The van der Waals surface area contributed by atoms with Gasteiger partial charge in [-0.25, -0.2) is 9.29 Å². The summed E-state index contributed by atoms with van der Waals surface area (Å²) in [4.78, 5) is 39.2. The molecule has 0 saturated carbocycles. The molecule has 44 heavy (non-hydrogen) atoms. The maximum atomic E-state index is 15.3. The highest BCUT2D eigenvalue weighted by atomic mass is 19.1.